The molecule has 1 aromatic heterocycles. The Morgan fingerprint density at radius 2 is 2.10 bits per heavy atom. The van der Waals surface area contributed by atoms with Crippen LogP contribution in [0.3, 0.4) is 0 Å². The number of carbonyl (C=O) groups excluding carboxylic acids is 1. The molecule has 0 atom stereocenters. The fourth-order valence-corrected chi connectivity index (χ4v) is 1.62. The van der Waals surface area contributed by atoms with Crippen molar-refractivity contribution in [1.82, 2.24) is 15.0 Å². The number of aromatic nitrogens is 3. The third kappa shape index (κ3) is 2.79. The molecule has 0 radical (unpaired) electrons. The van der Waals surface area contributed by atoms with Crippen LogP contribution in [0.25, 0.3) is 0 Å². The highest BCUT2D eigenvalue weighted by Gasteiger charge is 2.19. The van der Waals surface area contributed by atoms with Gasteiger partial charge in [-0.2, -0.15) is 0 Å². The fraction of sp³-hybridized carbons (Fsp3) is 0.167. The number of carboxylic acid groups (broad SMARTS) is 1. The SMILES string of the molecule is CN(C(=O)c1cn(CC(=O)O)nn1)c1ccccc1F. The zero-order chi connectivity index (χ0) is 14.7. The zero-order valence-corrected chi connectivity index (χ0v) is 10.5. The Morgan fingerprint density at radius 1 is 1.40 bits per heavy atom. The van der Waals surface area contributed by atoms with E-state index < -0.39 is 24.2 Å². The molecule has 0 saturated heterocycles. The van der Waals surface area contributed by atoms with Gasteiger partial charge in [0.25, 0.3) is 5.91 Å². The highest BCUT2D eigenvalue weighted by atomic mass is 19.1. The average molecular weight is 278 g/mol. The van der Waals surface area contributed by atoms with E-state index in [1.54, 1.807) is 6.07 Å². The third-order valence-electron chi connectivity index (χ3n) is 2.57. The number of hydrogen-bond donors (Lipinski definition) is 1. The third-order valence-corrected chi connectivity index (χ3v) is 2.57. The monoisotopic (exact) mass is 278 g/mol. The molecule has 0 aliphatic carbocycles. The second kappa shape index (κ2) is 5.47. The minimum absolute atomic E-state index is 0.0583. The topological polar surface area (TPSA) is 88.3 Å². The van der Waals surface area contributed by atoms with Crippen molar-refractivity contribution < 1.29 is 19.1 Å². The first-order chi connectivity index (χ1) is 9.49. The molecule has 1 N–H and O–H groups in total. The first kappa shape index (κ1) is 13.7. The summed E-state index contributed by atoms with van der Waals surface area (Å²) in [6.07, 6.45) is 1.20. The van der Waals surface area contributed by atoms with E-state index in [1.165, 1.54) is 31.4 Å². The van der Waals surface area contributed by atoms with Crippen molar-refractivity contribution in [2.45, 2.75) is 6.54 Å². The Hall–Kier alpha value is -2.77. The van der Waals surface area contributed by atoms with Gasteiger partial charge in [-0.05, 0) is 12.1 Å². The van der Waals surface area contributed by atoms with Crippen molar-refractivity contribution in [2.75, 3.05) is 11.9 Å². The summed E-state index contributed by atoms with van der Waals surface area (Å²) in [5, 5.41) is 15.7. The molecule has 0 fully saturated rings. The van der Waals surface area contributed by atoms with Gasteiger partial charge >= 0.3 is 5.97 Å². The van der Waals surface area contributed by atoms with Crippen molar-refractivity contribution in [3.05, 3.63) is 42.0 Å². The summed E-state index contributed by atoms with van der Waals surface area (Å²) in [4.78, 5) is 23.7. The van der Waals surface area contributed by atoms with Gasteiger partial charge in [0, 0.05) is 7.05 Å². The molecule has 2 aromatic rings. The van der Waals surface area contributed by atoms with Gasteiger partial charge in [0.05, 0.1) is 11.9 Å². The molecule has 1 amide bonds. The van der Waals surface area contributed by atoms with Crippen LogP contribution in [-0.4, -0.2) is 39.0 Å². The summed E-state index contributed by atoms with van der Waals surface area (Å²) >= 11 is 0. The Kier molecular flexibility index (Phi) is 3.74. The molecule has 1 aromatic carbocycles. The van der Waals surface area contributed by atoms with Crippen LogP contribution >= 0.6 is 0 Å². The molecule has 7 nitrogen and oxygen atoms in total. The van der Waals surface area contributed by atoms with E-state index >= 15 is 0 Å². The standard InChI is InChI=1S/C12H11FN4O3/c1-16(10-5-3-2-4-8(10)13)12(20)9-6-17(15-14-9)7-11(18)19/h2-6H,7H2,1H3,(H,18,19). The Bertz CT molecular complexity index is 656. The second-order valence-corrected chi connectivity index (χ2v) is 4.01. The van der Waals surface area contributed by atoms with Crippen LogP contribution in [0.2, 0.25) is 0 Å². The van der Waals surface area contributed by atoms with Gasteiger partial charge in [-0.3, -0.25) is 9.59 Å². The van der Waals surface area contributed by atoms with Crippen LogP contribution in [-0.2, 0) is 11.3 Å². The predicted octanol–water partition coefficient (Wildman–Crippen LogP) is 0.778. The highest BCUT2D eigenvalue weighted by Crippen LogP contribution is 2.18. The first-order valence-corrected chi connectivity index (χ1v) is 5.63. The van der Waals surface area contributed by atoms with Gasteiger partial charge in [-0.15, -0.1) is 5.10 Å². The highest BCUT2D eigenvalue weighted by molar-refractivity contribution is 6.04. The molecular formula is C12H11FN4O3. The lowest BCUT2D eigenvalue weighted by Crippen LogP contribution is -2.27. The predicted molar refractivity (Wildman–Crippen MR) is 66.8 cm³/mol. The zero-order valence-electron chi connectivity index (χ0n) is 10.5. The molecule has 0 unspecified atom stereocenters. The van der Waals surface area contributed by atoms with E-state index in [4.69, 9.17) is 5.11 Å². The van der Waals surface area contributed by atoms with Crippen LogP contribution in [0, 0.1) is 5.82 Å². The second-order valence-electron chi connectivity index (χ2n) is 4.01. The molecule has 0 aliphatic rings. The van der Waals surface area contributed by atoms with Crippen LogP contribution in [0.1, 0.15) is 10.5 Å². The summed E-state index contributed by atoms with van der Waals surface area (Å²) in [7, 11) is 1.40. The Morgan fingerprint density at radius 3 is 2.75 bits per heavy atom. The number of carbonyl (C=O) groups is 2. The minimum Gasteiger partial charge on any atom is -0.480 e. The van der Waals surface area contributed by atoms with Crippen molar-refractivity contribution >= 4 is 17.6 Å². The lowest BCUT2D eigenvalue weighted by Gasteiger charge is -2.16. The van der Waals surface area contributed by atoms with E-state index in [-0.39, 0.29) is 11.4 Å². The van der Waals surface area contributed by atoms with Gasteiger partial charge in [0.2, 0.25) is 0 Å². The molecule has 0 bridgehead atoms. The quantitative estimate of drug-likeness (QED) is 0.892. The number of amides is 1. The molecular weight excluding hydrogens is 267 g/mol. The van der Waals surface area contributed by atoms with Crippen LogP contribution in [0.4, 0.5) is 10.1 Å². The van der Waals surface area contributed by atoms with Gasteiger partial charge in [0.1, 0.15) is 12.4 Å². The number of nitrogens with zero attached hydrogens (tertiary/aromatic N) is 4. The summed E-state index contributed by atoms with van der Waals surface area (Å²) in [6.45, 7) is -0.399. The molecule has 0 saturated carbocycles. The van der Waals surface area contributed by atoms with E-state index in [9.17, 15) is 14.0 Å². The lowest BCUT2D eigenvalue weighted by molar-refractivity contribution is -0.137. The number of benzene rings is 1. The van der Waals surface area contributed by atoms with Crippen LogP contribution in [0.15, 0.2) is 30.5 Å². The number of hydrogen-bond acceptors (Lipinski definition) is 4. The number of aliphatic carboxylic acids is 1. The van der Waals surface area contributed by atoms with Crippen molar-refractivity contribution in [1.29, 1.82) is 0 Å². The summed E-state index contributed by atoms with van der Waals surface area (Å²) in [5.74, 6) is -2.22. The number of anilines is 1. The molecule has 1 heterocycles. The summed E-state index contributed by atoms with van der Waals surface area (Å²) < 4.78 is 14.6. The Labute approximate surface area is 113 Å². The van der Waals surface area contributed by atoms with Crippen molar-refractivity contribution in [2.24, 2.45) is 0 Å². The van der Waals surface area contributed by atoms with E-state index in [1.807, 2.05) is 0 Å². The summed E-state index contributed by atoms with van der Waals surface area (Å²) in [6, 6.07) is 5.80. The minimum atomic E-state index is -1.10. The fourth-order valence-electron chi connectivity index (χ4n) is 1.62. The van der Waals surface area contributed by atoms with Gasteiger partial charge in [-0.25, -0.2) is 9.07 Å². The maximum Gasteiger partial charge on any atom is 0.325 e. The van der Waals surface area contributed by atoms with Gasteiger partial charge in [-0.1, -0.05) is 17.3 Å². The normalized spacial score (nSPS) is 10.3. The van der Waals surface area contributed by atoms with Gasteiger partial charge < -0.3 is 10.0 Å². The maximum atomic E-state index is 13.6. The van der Waals surface area contributed by atoms with Crippen molar-refractivity contribution in [3.63, 3.8) is 0 Å². The molecule has 104 valence electrons. The molecule has 8 heteroatoms. The lowest BCUT2D eigenvalue weighted by atomic mass is 10.2. The van der Waals surface area contributed by atoms with Crippen molar-refractivity contribution in [3.8, 4) is 0 Å². The number of rotatable bonds is 4. The Balaban J connectivity index is 2.21. The largest absolute Gasteiger partial charge is 0.480 e. The molecule has 0 spiro atoms. The first-order valence-electron chi connectivity index (χ1n) is 5.63. The molecule has 0 aliphatic heterocycles. The number of halogens is 1. The maximum absolute atomic E-state index is 13.6. The number of carboxylic acids is 1. The van der Waals surface area contributed by atoms with Crippen LogP contribution in [0.5, 0.6) is 0 Å². The van der Waals surface area contributed by atoms with Gasteiger partial charge in [0.15, 0.2) is 5.69 Å². The number of para-hydroxylation sites is 1. The average Bonchev–Trinajstić information content (AvgIpc) is 2.85. The molecule has 20 heavy (non-hydrogen) atoms. The van der Waals surface area contributed by atoms with E-state index in [2.05, 4.69) is 10.3 Å². The van der Waals surface area contributed by atoms with Crippen LogP contribution < -0.4 is 4.90 Å². The van der Waals surface area contributed by atoms with E-state index in [0.29, 0.717) is 0 Å². The summed E-state index contributed by atoms with van der Waals surface area (Å²) in [5.41, 5.74) is 0.0438. The molecule has 2 rings (SSSR count). The van der Waals surface area contributed by atoms with E-state index in [0.717, 1.165) is 9.58 Å². The smallest absolute Gasteiger partial charge is 0.325 e.